The van der Waals surface area contributed by atoms with E-state index < -0.39 is 0 Å². The Bertz CT molecular complexity index is 904. The van der Waals surface area contributed by atoms with E-state index >= 15 is 0 Å². The van der Waals surface area contributed by atoms with Crippen molar-refractivity contribution in [2.45, 2.75) is 25.7 Å². The van der Waals surface area contributed by atoms with Crippen molar-refractivity contribution in [3.63, 3.8) is 0 Å². The van der Waals surface area contributed by atoms with Crippen LogP contribution in [0, 0.1) is 11.3 Å². The highest BCUT2D eigenvalue weighted by Crippen LogP contribution is 2.41. The zero-order valence-electron chi connectivity index (χ0n) is 12.1. The molecule has 0 fully saturated rings. The molecular weight excluding hydrogens is 290 g/mol. The van der Waals surface area contributed by atoms with Gasteiger partial charge in [0.05, 0.1) is 11.4 Å². The summed E-state index contributed by atoms with van der Waals surface area (Å²) < 4.78 is 0. The van der Waals surface area contributed by atoms with E-state index in [1.54, 1.807) is 11.3 Å². The third-order valence-electron chi connectivity index (χ3n) is 4.30. The quantitative estimate of drug-likeness (QED) is 0.729. The lowest BCUT2D eigenvalue weighted by Crippen LogP contribution is -2.02. The van der Waals surface area contributed by atoms with E-state index in [0.717, 1.165) is 28.6 Å². The van der Waals surface area contributed by atoms with Gasteiger partial charge in [-0.1, -0.05) is 30.3 Å². The molecule has 0 aliphatic heterocycles. The van der Waals surface area contributed by atoms with E-state index in [1.807, 2.05) is 30.3 Å². The number of nitrogen functional groups attached to an aromatic ring is 1. The summed E-state index contributed by atoms with van der Waals surface area (Å²) >= 11 is 1.74. The van der Waals surface area contributed by atoms with Crippen LogP contribution in [-0.4, -0.2) is 4.98 Å². The summed E-state index contributed by atoms with van der Waals surface area (Å²) in [6.07, 6.45) is 4.59. The molecule has 1 aliphatic carbocycles. The number of benzene rings is 1. The first-order valence-electron chi connectivity index (χ1n) is 7.49. The standard InChI is InChI=1S/C18H15N3S/c19-10-13-16(20)15-12-8-4-5-9-14(12)22-18(15)21-17(13)11-6-2-1-3-7-11/h1-3,6-7H,4-5,8-9H2,(H2,20,21). The minimum absolute atomic E-state index is 0.505. The third-order valence-corrected chi connectivity index (χ3v) is 5.49. The number of aryl methyl sites for hydroxylation is 2. The van der Waals surface area contributed by atoms with Gasteiger partial charge in [0.15, 0.2) is 0 Å². The number of hydrogen-bond acceptors (Lipinski definition) is 4. The summed E-state index contributed by atoms with van der Waals surface area (Å²) in [5.41, 5.74) is 10.5. The Morgan fingerprint density at radius 3 is 2.68 bits per heavy atom. The van der Waals surface area contributed by atoms with Gasteiger partial charge < -0.3 is 5.73 Å². The molecule has 22 heavy (non-hydrogen) atoms. The van der Waals surface area contributed by atoms with Crippen LogP contribution in [0.15, 0.2) is 30.3 Å². The van der Waals surface area contributed by atoms with Crippen LogP contribution in [0.3, 0.4) is 0 Å². The first-order valence-corrected chi connectivity index (χ1v) is 8.30. The Hall–Kier alpha value is -2.38. The Labute approximate surface area is 133 Å². The van der Waals surface area contributed by atoms with Crippen LogP contribution in [0.4, 0.5) is 5.69 Å². The van der Waals surface area contributed by atoms with Crippen molar-refractivity contribution < 1.29 is 0 Å². The maximum Gasteiger partial charge on any atom is 0.126 e. The molecule has 0 saturated heterocycles. The summed E-state index contributed by atoms with van der Waals surface area (Å²) in [5, 5.41) is 10.6. The summed E-state index contributed by atoms with van der Waals surface area (Å²) in [6.45, 7) is 0. The summed E-state index contributed by atoms with van der Waals surface area (Å²) in [7, 11) is 0. The first kappa shape index (κ1) is 13.3. The lowest BCUT2D eigenvalue weighted by atomic mass is 9.94. The van der Waals surface area contributed by atoms with E-state index in [-0.39, 0.29) is 0 Å². The number of pyridine rings is 1. The van der Waals surface area contributed by atoms with Gasteiger partial charge in [0.1, 0.15) is 16.5 Å². The van der Waals surface area contributed by atoms with Crippen molar-refractivity contribution in [3.05, 3.63) is 46.3 Å². The van der Waals surface area contributed by atoms with Crippen LogP contribution in [0.5, 0.6) is 0 Å². The minimum atomic E-state index is 0.505. The van der Waals surface area contributed by atoms with E-state index in [4.69, 9.17) is 10.7 Å². The molecule has 3 nitrogen and oxygen atoms in total. The van der Waals surface area contributed by atoms with Crippen molar-refractivity contribution >= 4 is 27.2 Å². The Balaban J connectivity index is 2.06. The molecule has 0 radical (unpaired) electrons. The largest absolute Gasteiger partial charge is 0.397 e. The highest BCUT2D eigenvalue weighted by molar-refractivity contribution is 7.19. The number of nitrogens with zero attached hydrogens (tertiary/aromatic N) is 2. The molecule has 2 N–H and O–H groups in total. The maximum absolute atomic E-state index is 9.60. The highest BCUT2D eigenvalue weighted by atomic mass is 32.1. The van der Waals surface area contributed by atoms with Crippen LogP contribution < -0.4 is 5.73 Å². The van der Waals surface area contributed by atoms with Gasteiger partial charge in [-0.25, -0.2) is 4.98 Å². The molecule has 1 aromatic carbocycles. The van der Waals surface area contributed by atoms with E-state index in [9.17, 15) is 5.26 Å². The van der Waals surface area contributed by atoms with Gasteiger partial charge >= 0.3 is 0 Å². The first-order chi connectivity index (χ1) is 10.8. The van der Waals surface area contributed by atoms with E-state index in [0.29, 0.717) is 16.9 Å². The maximum atomic E-state index is 9.60. The van der Waals surface area contributed by atoms with E-state index in [2.05, 4.69) is 6.07 Å². The number of aromatic nitrogens is 1. The molecule has 0 saturated carbocycles. The molecule has 2 aromatic heterocycles. The summed E-state index contributed by atoms with van der Waals surface area (Å²) in [4.78, 5) is 7.17. The molecule has 0 bridgehead atoms. The van der Waals surface area contributed by atoms with Crippen LogP contribution in [0.2, 0.25) is 0 Å². The van der Waals surface area contributed by atoms with Gasteiger partial charge in [-0.05, 0) is 31.2 Å². The molecule has 0 amide bonds. The fourth-order valence-corrected chi connectivity index (χ4v) is 4.52. The molecule has 0 atom stereocenters. The van der Waals surface area contributed by atoms with Crippen molar-refractivity contribution in [1.29, 1.82) is 5.26 Å². The number of nitriles is 1. The van der Waals surface area contributed by atoms with Crippen LogP contribution in [0.1, 0.15) is 28.8 Å². The lowest BCUT2D eigenvalue weighted by Gasteiger charge is -2.12. The molecule has 1 aliphatic rings. The second-order valence-electron chi connectivity index (χ2n) is 5.62. The predicted molar refractivity (Wildman–Crippen MR) is 90.8 cm³/mol. The average molecular weight is 305 g/mol. The average Bonchev–Trinajstić information content (AvgIpc) is 2.94. The van der Waals surface area contributed by atoms with Crippen molar-refractivity contribution in [3.8, 4) is 17.3 Å². The van der Waals surface area contributed by atoms with Gasteiger partial charge in [-0.3, -0.25) is 0 Å². The Kier molecular flexibility index (Phi) is 3.09. The molecule has 0 spiro atoms. The SMILES string of the molecule is N#Cc1c(-c2ccccc2)nc2sc3c(c2c1N)CCCC3. The number of nitrogens with two attached hydrogens (primary N) is 1. The number of fused-ring (bicyclic) bond motifs is 3. The molecule has 0 unspecified atom stereocenters. The molecular formula is C18H15N3S. The monoisotopic (exact) mass is 305 g/mol. The van der Waals surface area contributed by atoms with Gasteiger partial charge in [-0.2, -0.15) is 5.26 Å². The van der Waals surface area contributed by atoms with Crippen LogP contribution >= 0.6 is 11.3 Å². The molecule has 108 valence electrons. The van der Waals surface area contributed by atoms with Crippen LogP contribution in [-0.2, 0) is 12.8 Å². The summed E-state index contributed by atoms with van der Waals surface area (Å²) in [6, 6.07) is 12.1. The topological polar surface area (TPSA) is 62.7 Å². The minimum Gasteiger partial charge on any atom is -0.397 e. The third kappa shape index (κ3) is 1.90. The number of anilines is 1. The number of hydrogen-bond donors (Lipinski definition) is 1. The second kappa shape index (κ2) is 5.11. The predicted octanol–water partition coefficient (Wildman–Crippen LogP) is 4.30. The second-order valence-corrected chi connectivity index (χ2v) is 6.70. The number of thiophene rings is 1. The zero-order chi connectivity index (χ0) is 15.1. The fraction of sp³-hybridized carbons (Fsp3) is 0.222. The molecule has 4 heteroatoms. The molecule has 3 aromatic rings. The highest BCUT2D eigenvalue weighted by Gasteiger charge is 2.22. The molecule has 2 heterocycles. The van der Waals surface area contributed by atoms with Crippen molar-refractivity contribution in [2.24, 2.45) is 0 Å². The van der Waals surface area contributed by atoms with Crippen LogP contribution in [0.25, 0.3) is 21.5 Å². The summed E-state index contributed by atoms with van der Waals surface area (Å²) in [5.74, 6) is 0. The number of rotatable bonds is 1. The Morgan fingerprint density at radius 2 is 1.91 bits per heavy atom. The van der Waals surface area contributed by atoms with Crippen molar-refractivity contribution in [1.82, 2.24) is 4.98 Å². The zero-order valence-corrected chi connectivity index (χ0v) is 12.9. The molecule has 4 rings (SSSR count). The van der Waals surface area contributed by atoms with Gasteiger partial charge in [0, 0.05) is 15.8 Å². The van der Waals surface area contributed by atoms with E-state index in [1.165, 1.54) is 23.3 Å². The van der Waals surface area contributed by atoms with Gasteiger partial charge in [0.2, 0.25) is 0 Å². The smallest absolute Gasteiger partial charge is 0.126 e. The Morgan fingerprint density at radius 1 is 1.14 bits per heavy atom. The normalized spacial score (nSPS) is 13.8. The van der Waals surface area contributed by atoms with Gasteiger partial charge in [-0.15, -0.1) is 11.3 Å². The van der Waals surface area contributed by atoms with Gasteiger partial charge in [0.25, 0.3) is 0 Å². The lowest BCUT2D eigenvalue weighted by molar-refractivity contribution is 0.700. The fourth-order valence-electron chi connectivity index (χ4n) is 3.24. The van der Waals surface area contributed by atoms with Crippen molar-refractivity contribution in [2.75, 3.05) is 5.73 Å².